The number of hydrogen-bond donors (Lipinski definition) is 1. The summed E-state index contributed by atoms with van der Waals surface area (Å²) >= 11 is 6.17. The minimum Gasteiger partial charge on any atom is -0.493 e. The van der Waals surface area contributed by atoms with Crippen molar-refractivity contribution in [2.75, 3.05) is 31.6 Å². The van der Waals surface area contributed by atoms with Crippen molar-refractivity contribution in [3.63, 3.8) is 0 Å². The van der Waals surface area contributed by atoms with E-state index in [2.05, 4.69) is 25.3 Å². The lowest BCUT2D eigenvalue weighted by Gasteiger charge is -2.26. The van der Waals surface area contributed by atoms with Crippen LogP contribution < -0.4 is 10.1 Å². The van der Waals surface area contributed by atoms with Gasteiger partial charge in [0.1, 0.15) is 40.7 Å². The van der Waals surface area contributed by atoms with Gasteiger partial charge in [-0.2, -0.15) is 32.8 Å². The number of aromatic nitrogens is 4. The number of piperidine rings is 1. The molecule has 7 nitrogen and oxygen atoms in total. The Bertz CT molecular complexity index is 1160. The van der Waals surface area contributed by atoms with Crippen molar-refractivity contribution in [3.05, 3.63) is 35.2 Å². The number of hydrogen-bond acceptors (Lipinski definition) is 6. The molecule has 0 saturated carbocycles. The first-order chi connectivity index (χ1) is 16.6. The largest absolute Gasteiger partial charge is 0.493 e. The van der Waals surface area contributed by atoms with Gasteiger partial charge in [-0.15, -0.1) is 0 Å². The fourth-order valence-electron chi connectivity index (χ4n) is 3.99. The Morgan fingerprint density at radius 2 is 1.80 bits per heavy atom. The Morgan fingerprint density at radius 3 is 2.46 bits per heavy atom. The van der Waals surface area contributed by atoms with Gasteiger partial charge in [0.05, 0.1) is 17.7 Å². The Morgan fingerprint density at radius 1 is 1.11 bits per heavy atom. The molecule has 35 heavy (non-hydrogen) atoms. The third kappa shape index (κ3) is 5.75. The number of fused-ring (bicyclic) bond motifs is 1. The summed E-state index contributed by atoms with van der Waals surface area (Å²) in [5, 5.41) is 5.60. The van der Waals surface area contributed by atoms with Crippen LogP contribution in [0.2, 0.25) is 5.15 Å². The minimum atomic E-state index is -4.65. The van der Waals surface area contributed by atoms with Gasteiger partial charge in [-0.25, -0.2) is 8.78 Å². The number of halogens is 6. The van der Waals surface area contributed by atoms with Crippen LogP contribution in [-0.2, 0) is 0 Å². The first-order valence-electron chi connectivity index (χ1n) is 11.2. The molecule has 0 spiro atoms. The molecule has 0 bridgehead atoms. The Labute approximate surface area is 203 Å². The smallest absolute Gasteiger partial charge is 0.408 e. The molecule has 0 aliphatic carbocycles. The number of likely N-dealkylation sites (tertiary alicyclic amines) is 1. The molecule has 1 fully saturated rings. The lowest BCUT2D eigenvalue weighted by Crippen LogP contribution is -2.34. The lowest BCUT2D eigenvalue weighted by molar-refractivity contribution is -0.138. The maximum absolute atomic E-state index is 15.1. The maximum atomic E-state index is 15.1. The molecule has 190 valence electrons. The molecule has 0 radical (unpaired) electrons. The predicted molar refractivity (Wildman–Crippen MR) is 121 cm³/mol. The average Bonchev–Trinajstić information content (AvgIpc) is 3.26. The van der Waals surface area contributed by atoms with Gasteiger partial charge in [-0.3, -0.25) is 0 Å². The summed E-state index contributed by atoms with van der Waals surface area (Å²) in [4.78, 5) is 10.0. The quantitative estimate of drug-likeness (QED) is 0.247. The highest BCUT2D eigenvalue weighted by Gasteiger charge is 2.37. The molecule has 3 heterocycles. The van der Waals surface area contributed by atoms with E-state index in [1.165, 1.54) is 6.42 Å². The number of nitrogens with one attached hydrogen (secondary N) is 1. The molecule has 13 heteroatoms. The van der Waals surface area contributed by atoms with Crippen LogP contribution in [0, 0.1) is 11.6 Å². The molecule has 1 atom stereocenters. The van der Waals surface area contributed by atoms with Crippen LogP contribution in [0.4, 0.5) is 27.8 Å². The van der Waals surface area contributed by atoms with Gasteiger partial charge in [-0.1, -0.05) is 18.0 Å². The highest BCUT2D eigenvalue weighted by atomic mass is 35.5. The van der Waals surface area contributed by atoms with E-state index in [1.807, 2.05) is 0 Å². The van der Waals surface area contributed by atoms with Crippen LogP contribution >= 0.6 is 11.6 Å². The van der Waals surface area contributed by atoms with Crippen molar-refractivity contribution in [3.8, 4) is 16.9 Å². The zero-order valence-electron chi connectivity index (χ0n) is 18.9. The second-order valence-corrected chi connectivity index (χ2v) is 8.73. The van der Waals surface area contributed by atoms with Crippen molar-refractivity contribution in [1.82, 2.24) is 24.5 Å². The summed E-state index contributed by atoms with van der Waals surface area (Å²) in [6, 6.07) is -0.142. The van der Waals surface area contributed by atoms with Crippen molar-refractivity contribution >= 4 is 23.2 Å². The number of rotatable bonds is 8. The molecule has 4 rings (SSSR count). The van der Waals surface area contributed by atoms with Crippen LogP contribution in [0.25, 0.3) is 16.9 Å². The maximum Gasteiger partial charge on any atom is 0.408 e. The van der Waals surface area contributed by atoms with Gasteiger partial charge in [0, 0.05) is 18.7 Å². The predicted octanol–water partition coefficient (Wildman–Crippen LogP) is 5.34. The lowest BCUT2D eigenvalue weighted by atomic mass is 10.1. The Kier molecular flexibility index (Phi) is 7.60. The molecule has 1 aromatic carbocycles. The molecule has 1 unspecified atom stereocenters. The summed E-state index contributed by atoms with van der Waals surface area (Å²) < 4.78 is 76.5. The van der Waals surface area contributed by atoms with Crippen molar-refractivity contribution in [1.29, 1.82) is 0 Å². The minimum absolute atomic E-state index is 0.0357. The second kappa shape index (κ2) is 10.5. The van der Waals surface area contributed by atoms with Crippen molar-refractivity contribution < 1.29 is 26.7 Å². The molecular formula is C22H24ClF5N6O. The highest BCUT2D eigenvalue weighted by Crippen LogP contribution is 2.39. The third-order valence-corrected chi connectivity index (χ3v) is 6.10. The van der Waals surface area contributed by atoms with E-state index in [0.29, 0.717) is 6.42 Å². The van der Waals surface area contributed by atoms with Crippen LogP contribution in [-0.4, -0.2) is 62.9 Å². The normalized spacial score (nSPS) is 16.0. The monoisotopic (exact) mass is 518 g/mol. The van der Waals surface area contributed by atoms with Crippen LogP contribution in [0.15, 0.2) is 18.5 Å². The summed E-state index contributed by atoms with van der Waals surface area (Å²) in [6.07, 6.45) is 0.632. The van der Waals surface area contributed by atoms with E-state index in [1.54, 1.807) is 0 Å². The van der Waals surface area contributed by atoms with Crippen LogP contribution in [0.5, 0.6) is 5.75 Å². The van der Waals surface area contributed by atoms with Gasteiger partial charge >= 0.3 is 6.18 Å². The fraction of sp³-hybridized carbons (Fsp3) is 0.500. The van der Waals surface area contributed by atoms with E-state index >= 15 is 8.78 Å². The van der Waals surface area contributed by atoms with Crippen molar-refractivity contribution in [2.24, 2.45) is 0 Å². The summed E-state index contributed by atoms with van der Waals surface area (Å²) in [5.74, 6) is -2.70. The summed E-state index contributed by atoms with van der Waals surface area (Å²) in [7, 11) is 0. The van der Waals surface area contributed by atoms with E-state index in [0.717, 1.165) is 62.4 Å². The number of nitrogens with zero attached hydrogens (tertiary/aromatic N) is 5. The first kappa shape index (κ1) is 25.4. The van der Waals surface area contributed by atoms with Gasteiger partial charge in [0.15, 0.2) is 0 Å². The number of benzene rings is 1. The highest BCUT2D eigenvalue weighted by molar-refractivity contribution is 6.33. The second-order valence-electron chi connectivity index (χ2n) is 8.37. The van der Waals surface area contributed by atoms with Crippen LogP contribution in [0.1, 0.15) is 32.6 Å². The van der Waals surface area contributed by atoms with Gasteiger partial charge in [0.25, 0.3) is 5.78 Å². The van der Waals surface area contributed by atoms with Gasteiger partial charge in [-0.05, 0) is 39.3 Å². The standard InChI is InChI=1S/C22H24ClF5N6O/c1-13(22(26,27)28)31-20-18(19(23)32-21-29-12-30-34(20)21)17-15(24)10-14(11-16(17)25)35-9-5-8-33-6-3-2-4-7-33/h10-13,31H,2-9H2,1H3. The number of ether oxygens (including phenoxy) is 1. The van der Waals surface area contributed by atoms with Gasteiger partial charge in [0.2, 0.25) is 0 Å². The van der Waals surface area contributed by atoms with Crippen LogP contribution in [0.3, 0.4) is 0 Å². The zero-order chi connectivity index (χ0) is 25.2. The molecule has 1 aliphatic heterocycles. The molecule has 3 aromatic rings. The zero-order valence-corrected chi connectivity index (χ0v) is 19.6. The summed E-state index contributed by atoms with van der Waals surface area (Å²) in [5.41, 5.74) is -1.06. The SMILES string of the molecule is CC(Nc1c(-c2c(F)cc(OCCCN3CCCCC3)cc2F)c(Cl)nc2ncnn12)C(F)(F)F. The topological polar surface area (TPSA) is 67.6 Å². The van der Waals surface area contributed by atoms with E-state index in [-0.39, 0.29) is 18.1 Å². The molecular weight excluding hydrogens is 495 g/mol. The number of anilines is 1. The molecule has 2 aromatic heterocycles. The third-order valence-electron chi connectivity index (χ3n) is 5.83. The molecule has 1 saturated heterocycles. The molecule has 1 aliphatic rings. The van der Waals surface area contributed by atoms with E-state index in [9.17, 15) is 13.2 Å². The number of alkyl halides is 3. The fourth-order valence-corrected chi connectivity index (χ4v) is 4.25. The Balaban J connectivity index is 1.60. The van der Waals surface area contributed by atoms with Gasteiger partial charge < -0.3 is 15.0 Å². The average molecular weight is 519 g/mol. The van der Waals surface area contributed by atoms with Crippen molar-refractivity contribution in [2.45, 2.75) is 44.8 Å². The first-order valence-corrected chi connectivity index (χ1v) is 11.6. The summed E-state index contributed by atoms with van der Waals surface area (Å²) in [6.45, 7) is 4.01. The van der Waals surface area contributed by atoms with E-state index in [4.69, 9.17) is 16.3 Å². The van der Waals surface area contributed by atoms with E-state index < -0.39 is 46.0 Å². The molecule has 0 amide bonds. The Hall–Kier alpha value is -2.73. The molecule has 1 N–H and O–H groups in total.